The molecule has 0 spiro atoms. The largest absolute Gasteiger partial charge is 0.480 e. The van der Waals surface area contributed by atoms with Gasteiger partial charge in [0.05, 0.1) is 19.0 Å². The van der Waals surface area contributed by atoms with Crippen LogP contribution in [-0.2, 0) is 13.9 Å². The number of nitrogens with one attached hydrogen (secondary N) is 1. The predicted molar refractivity (Wildman–Crippen MR) is 132 cm³/mol. The molecule has 0 saturated carbocycles. The van der Waals surface area contributed by atoms with E-state index in [4.69, 9.17) is 14.8 Å². The van der Waals surface area contributed by atoms with E-state index < -0.39 is 19.8 Å². The molecule has 4 rings (SSSR count). The minimum atomic E-state index is -4.00. The number of rotatable bonds is 9. The fraction of sp³-hybridized carbons (Fsp3) is 0.300. The molecule has 0 amide bonds. The highest BCUT2D eigenvalue weighted by Crippen LogP contribution is 2.46. The van der Waals surface area contributed by atoms with Gasteiger partial charge in [0.1, 0.15) is 22.3 Å². The maximum absolute atomic E-state index is 13.4. The smallest absolute Gasteiger partial charge is 0.459 e. The summed E-state index contributed by atoms with van der Waals surface area (Å²) in [5, 5.41) is 12.1. The van der Waals surface area contributed by atoms with Crippen molar-refractivity contribution in [3.63, 3.8) is 0 Å². The Morgan fingerprint density at radius 1 is 1.38 bits per heavy atom. The molecule has 180 valence electrons. The minimum absolute atomic E-state index is 0.0434. The zero-order valence-electron chi connectivity index (χ0n) is 17.9. The molecule has 1 aliphatic carbocycles. The van der Waals surface area contributed by atoms with Crippen LogP contribution in [0.2, 0.25) is 0 Å². The molecule has 4 atom stereocenters. The number of aromatic nitrogens is 4. The number of carboxylic acid groups (broad SMARTS) is 1. The molecule has 4 N–H and O–H groups in total. The molecule has 0 fully saturated rings. The lowest BCUT2D eigenvalue weighted by atomic mass is 10.1. The second-order valence-electron chi connectivity index (χ2n) is 7.70. The summed E-state index contributed by atoms with van der Waals surface area (Å²) in [5.74, 6) is -0.909. The molecule has 34 heavy (non-hydrogen) atoms. The lowest BCUT2D eigenvalue weighted by molar-refractivity contribution is -0.138. The number of imidazole rings is 1. The lowest BCUT2D eigenvalue weighted by Crippen LogP contribution is -2.33. The number of nitrogens with zero attached hydrogens (tertiary/aromatic N) is 4. The number of hydrogen-bond acceptors (Lipinski definition) is 9. The van der Waals surface area contributed by atoms with Crippen LogP contribution in [0.3, 0.4) is 0 Å². The predicted octanol–water partition coefficient (Wildman–Crippen LogP) is 3.84. The van der Waals surface area contributed by atoms with E-state index in [1.165, 1.54) is 6.92 Å². The van der Waals surface area contributed by atoms with E-state index in [0.29, 0.717) is 22.6 Å². The van der Waals surface area contributed by atoms with E-state index in [1.807, 2.05) is 16.7 Å². The van der Waals surface area contributed by atoms with Crippen molar-refractivity contribution >= 4 is 59.4 Å². The average Bonchev–Trinajstić information content (AvgIpc) is 3.41. The summed E-state index contributed by atoms with van der Waals surface area (Å²) in [6.07, 6.45) is 6.17. The van der Waals surface area contributed by atoms with Crippen LogP contribution >= 0.6 is 36.3 Å². The topological polar surface area (TPSA) is 154 Å². The van der Waals surface area contributed by atoms with Gasteiger partial charge in [0.25, 0.3) is 0 Å². The number of hydrogen-bond donors (Lipinski definition) is 4. The number of benzene rings is 1. The highest BCUT2D eigenvalue weighted by molar-refractivity contribution is 9.10. The zero-order chi connectivity index (χ0) is 24.5. The van der Waals surface area contributed by atoms with Gasteiger partial charge in [0, 0.05) is 10.4 Å². The average molecular weight is 569 g/mol. The molecule has 0 bridgehead atoms. The van der Waals surface area contributed by atoms with Crippen molar-refractivity contribution in [2.75, 3.05) is 12.3 Å². The van der Waals surface area contributed by atoms with Crippen molar-refractivity contribution in [1.82, 2.24) is 24.6 Å². The Hall–Kier alpha value is -2.44. The number of carbonyl (C=O) groups is 1. The first kappa shape index (κ1) is 24.7. The molecule has 0 aliphatic heterocycles. The quantitative estimate of drug-likeness (QED) is 0.129. The van der Waals surface area contributed by atoms with Crippen LogP contribution in [0.15, 0.2) is 52.2 Å². The van der Waals surface area contributed by atoms with Crippen LogP contribution in [-0.4, -0.2) is 43.2 Å². The highest BCUT2D eigenvalue weighted by Gasteiger charge is 2.33. The maximum atomic E-state index is 13.4. The number of carboxylic acids is 1. The SMILES string of the molecule is CC(NP(=O)(OC[C@@H]1C=C[C@H](n2cnc3c(S)nc(N)nc32)C1)Oc1ccc(Br)cc1)C(=O)O. The number of halogens is 1. The molecule has 0 saturated heterocycles. The zero-order valence-corrected chi connectivity index (χ0v) is 21.3. The standard InChI is InChI=1S/C20H22BrN6O5PS/c1-11(19(28)29)26-33(30,32-15-6-3-13(21)4-7-15)31-9-12-2-5-14(8-12)27-10-23-16-17(27)24-20(22)25-18(16)34/h2-7,10-12,14H,8-9H2,1H3,(H,26,30)(H,28,29)(H3,22,24,25,34)/t11?,12-,14+,33?/m1/s1. The molecule has 3 aromatic rings. The van der Waals surface area contributed by atoms with Crippen LogP contribution < -0.4 is 15.3 Å². The summed E-state index contributed by atoms with van der Waals surface area (Å²) in [7, 11) is -4.00. The number of nitrogens with two attached hydrogens (primary N) is 1. The highest BCUT2D eigenvalue weighted by atomic mass is 79.9. The molecular formula is C20H22BrN6O5PS. The van der Waals surface area contributed by atoms with Crippen LogP contribution in [0, 0.1) is 5.92 Å². The van der Waals surface area contributed by atoms with E-state index in [9.17, 15) is 14.5 Å². The first-order valence-electron chi connectivity index (χ1n) is 10.2. The normalized spacial score (nSPS) is 20.3. The van der Waals surface area contributed by atoms with E-state index in [1.54, 1.807) is 30.6 Å². The van der Waals surface area contributed by atoms with Crippen LogP contribution in [0.1, 0.15) is 19.4 Å². The van der Waals surface area contributed by atoms with E-state index in [-0.39, 0.29) is 30.3 Å². The molecular weight excluding hydrogens is 547 g/mol. The number of thiol groups is 1. The van der Waals surface area contributed by atoms with Gasteiger partial charge in [-0.3, -0.25) is 9.32 Å². The second-order valence-corrected chi connectivity index (χ2v) is 10.7. The van der Waals surface area contributed by atoms with Crippen molar-refractivity contribution in [2.45, 2.75) is 30.5 Å². The van der Waals surface area contributed by atoms with Gasteiger partial charge in [-0.2, -0.15) is 10.1 Å². The summed E-state index contributed by atoms with van der Waals surface area (Å²) < 4.78 is 27.3. The van der Waals surface area contributed by atoms with Gasteiger partial charge in [-0.1, -0.05) is 28.1 Å². The molecule has 0 radical (unpaired) electrons. The summed E-state index contributed by atoms with van der Waals surface area (Å²) in [4.78, 5) is 23.9. The maximum Gasteiger partial charge on any atom is 0.459 e. The van der Waals surface area contributed by atoms with Gasteiger partial charge < -0.3 is 19.9 Å². The van der Waals surface area contributed by atoms with Gasteiger partial charge in [0.2, 0.25) is 5.95 Å². The molecule has 2 unspecified atom stereocenters. The van der Waals surface area contributed by atoms with Gasteiger partial charge in [-0.25, -0.2) is 14.5 Å². The van der Waals surface area contributed by atoms with Crippen LogP contribution in [0.5, 0.6) is 5.75 Å². The van der Waals surface area contributed by atoms with Gasteiger partial charge in [-0.05, 0) is 37.6 Å². The summed E-state index contributed by atoms with van der Waals surface area (Å²) in [6.45, 7) is 1.41. The third-order valence-corrected chi connectivity index (χ3v) is 7.63. The Kier molecular flexibility index (Phi) is 7.29. The van der Waals surface area contributed by atoms with E-state index in [0.717, 1.165) is 4.47 Å². The summed E-state index contributed by atoms with van der Waals surface area (Å²) in [5.41, 5.74) is 6.87. The van der Waals surface area contributed by atoms with E-state index >= 15 is 0 Å². The lowest BCUT2D eigenvalue weighted by Gasteiger charge is -2.23. The Morgan fingerprint density at radius 2 is 2.12 bits per heavy atom. The van der Waals surface area contributed by atoms with Crippen molar-refractivity contribution in [2.24, 2.45) is 5.92 Å². The van der Waals surface area contributed by atoms with E-state index in [2.05, 4.69) is 48.6 Å². The molecule has 14 heteroatoms. The second kappa shape index (κ2) is 10.0. The van der Waals surface area contributed by atoms with Crippen molar-refractivity contribution in [1.29, 1.82) is 0 Å². The Balaban J connectivity index is 1.46. The fourth-order valence-corrected chi connectivity index (χ4v) is 5.53. The fourth-order valence-electron chi connectivity index (χ4n) is 3.45. The number of nitrogen functional groups attached to an aromatic ring is 1. The minimum Gasteiger partial charge on any atom is -0.480 e. The van der Waals surface area contributed by atoms with Crippen molar-refractivity contribution < 1.29 is 23.5 Å². The number of anilines is 1. The monoisotopic (exact) mass is 568 g/mol. The first-order valence-corrected chi connectivity index (χ1v) is 13.0. The Labute approximate surface area is 208 Å². The summed E-state index contributed by atoms with van der Waals surface area (Å²) in [6, 6.07) is 5.40. The first-order chi connectivity index (χ1) is 16.1. The molecule has 1 aliphatic rings. The Bertz CT molecular complexity index is 1290. The van der Waals surface area contributed by atoms with Gasteiger partial charge in [-0.15, -0.1) is 12.6 Å². The molecule has 2 aromatic heterocycles. The van der Waals surface area contributed by atoms with Crippen LogP contribution in [0.4, 0.5) is 5.95 Å². The number of fused-ring (bicyclic) bond motifs is 1. The third kappa shape index (κ3) is 5.61. The number of aliphatic carboxylic acids is 1. The van der Waals surface area contributed by atoms with Gasteiger partial charge in [0.15, 0.2) is 5.65 Å². The third-order valence-electron chi connectivity index (χ3n) is 5.15. The van der Waals surface area contributed by atoms with Crippen molar-refractivity contribution in [3.05, 3.63) is 47.2 Å². The molecule has 2 heterocycles. The van der Waals surface area contributed by atoms with Crippen molar-refractivity contribution in [3.8, 4) is 5.75 Å². The molecule has 1 aromatic carbocycles. The molecule has 11 nitrogen and oxygen atoms in total. The van der Waals surface area contributed by atoms with Gasteiger partial charge >= 0.3 is 13.7 Å². The van der Waals surface area contributed by atoms with Crippen LogP contribution in [0.25, 0.3) is 11.2 Å². The summed E-state index contributed by atoms with van der Waals surface area (Å²) >= 11 is 7.63. The Morgan fingerprint density at radius 3 is 2.82 bits per heavy atom. The number of allylic oxidation sites excluding steroid dienone is 1.